The zero-order chi connectivity index (χ0) is 19.3. The number of hydrogen-bond acceptors (Lipinski definition) is 2. The Balaban J connectivity index is 2.02. The Bertz CT molecular complexity index is 772. The summed E-state index contributed by atoms with van der Waals surface area (Å²) >= 11 is 0. The van der Waals surface area contributed by atoms with Crippen molar-refractivity contribution in [3.63, 3.8) is 0 Å². The highest BCUT2D eigenvalue weighted by atomic mass is 19.4. The zero-order valence-corrected chi connectivity index (χ0v) is 15.0. The number of nitrogens with one attached hydrogen (secondary N) is 1. The maximum Gasteiger partial charge on any atom is 0.416 e. The molecule has 6 heteroatoms. The Morgan fingerprint density at radius 2 is 1.85 bits per heavy atom. The average Bonchev–Trinajstić information content (AvgIpc) is 2.60. The van der Waals surface area contributed by atoms with Gasteiger partial charge in [0.2, 0.25) is 0 Å². The molecular weight excluding hydrogens is 343 g/mol. The van der Waals surface area contributed by atoms with Gasteiger partial charge in [0.15, 0.2) is 6.10 Å². The monoisotopic (exact) mass is 365 g/mol. The van der Waals surface area contributed by atoms with Crippen molar-refractivity contribution in [3.8, 4) is 5.75 Å². The van der Waals surface area contributed by atoms with Crippen LogP contribution in [-0.4, -0.2) is 12.0 Å². The van der Waals surface area contributed by atoms with E-state index in [4.69, 9.17) is 4.74 Å². The fourth-order valence-electron chi connectivity index (χ4n) is 2.49. The van der Waals surface area contributed by atoms with Crippen LogP contribution in [0.25, 0.3) is 0 Å². The third-order valence-corrected chi connectivity index (χ3v) is 4.21. The Morgan fingerprint density at radius 1 is 1.15 bits per heavy atom. The smallest absolute Gasteiger partial charge is 0.416 e. The highest BCUT2D eigenvalue weighted by Crippen LogP contribution is 2.29. The second-order valence-electron chi connectivity index (χ2n) is 6.13. The van der Waals surface area contributed by atoms with Gasteiger partial charge in [0.25, 0.3) is 5.91 Å². The van der Waals surface area contributed by atoms with E-state index in [9.17, 15) is 18.0 Å². The normalized spacial score (nSPS) is 12.5. The summed E-state index contributed by atoms with van der Waals surface area (Å²) in [5.41, 5.74) is 1.66. The van der Waals surface area contributed by atoms with Gasteiger partial charge in [-0.3, -0.25) is 4.79 Å². The summed E-state index contributed by atoms with van der Waals surface area (Å²) in [5.74, 6) is 0.275. The van der Waals surface area contributed by atoms with Crippen LogP contribution in [0.3, 0.4) is 0 Å². The van der Waals surface area contributed by atoms with E-state index in [1.165, 1.54) is 6.07 Å². The van der Waals surface area contributed by atoms with E-state index < -0.39 is 17.8 Å². The van der Waals surface area contributed by atoms with Gasteiger partial charge in [-0.25, -0.2) is 0 Å². The molecule has 2 aromatic carbocycles. The lowest BCUT2D eigenvalue weighted by molar-refractivity contribution is -0.137. The fraction of sp³-hybridized carbons (Fsp3) is 0.350. The van der Waals surface area contributed by atoms with Crippen molar-refractivity contribution >= 4 is 5.91 Å². The number of carbonyl (C=O) groups is 1. The van der Waals surface area contributed by atoms with Crippen molar-refractivity contribution in [2.24, 2.45) is 0 Å². The molecule has 0 aliphatic carbocycles. The van der Waals surface area contributed by atoms with Gasteiger partial charge in [-0.15, -0.1) is 0 Å². The lowest BCUT2D eigenvalue weighted by atomic mass is 10.1. The Kier molecular flexibility index (Phi) is 6.29. The Labute approximate surface area is 151 Å². The first-order valence-electron chi connectivity index (χ1n) is 8.39. The first kappa shape index (κ1) is 19.8. The molecule has 1 N–H and O–H groups in total. The first-order valence-corrected chi connectivity index (χ1v) is 8.39. The molecule has 0 aromatic heterocycles. The zero-order valence-electron chi connectivity index (χ0n) is 15.0. The van der Waals surface area contributed by atoms with Crippen molar-refractivity contribution in [2.75, 3.05) is 0 Å². The largest absolute Gasteiger partial charge is 0.480 e. The number of aryl methyl sites for hydroxylation is 1. The van der Waals surface area contributed by atoms with Gasteiger partial charge in [-0.05, 0) is 55.2 Å². The molecule has 0 radical (unpaired) electrons. The van der Waals surface area contributed by atoms with E-state index in [2.05, 4.69) is 5.32 Å². The molecule has 0 spiro atoms. The number of halogens is 3. The van der Waals surface area contributed by atoms with Gasteiger partial charge in [0.05, 0.1) is 5.56 Å². The molecule has 0 aliphatic heterocycles. The van der Waals surface area contributed by atoms with E-state index in [1.807, 2.05) is 32.9 Å². The molecule has 26 heavy (non-hydrogen) atoms. The molecule has 0 saturated carbocycles. The van der Waals surface area contributed by atoms with Crippen LogP contribution in [0.2, 0.25) is 0 Å². The van der Waals surface area contributed by atoms with E-state index in [-0.39, 0.29) is 12.5 Å². The molecular formula is C20H22F3NO2. The summed E-state index contributed by atoms with van der Waals surface area (Å²) in [7, 11) is 0. The molecule has 2 rings (SSSR count). The number of benzene rings is 2. The minimum absolute atomic E-state index is 0.00934. The summed E-state index contributed by atoms with van der Waals surface area (Å²) in [4.78, 5) is 12.4. The second-order valence-corrected chi connectivity index (χ2v) is 6.13. The van der Waals surface area contributed by atoms with Crippen LogP contribution in [0.1, 0.15) is 35.6 Å². The van der Waals surface area contributed by atoms with Crippen molar-refractivity contribution in [2.45, 2.75) is 46.0 Å². The van der Waals surface area contributed by atoms with Crippen molar-refractivity contribution in [1.82, 2.24) is 5.32 Å². The first-order chi connectivity index (χ1) is 12.2. The van der Waals surface area contributed by atoms with Gasteiger partial charge in [-0.2, -0.15) is 13.2 Å². The maximum absolute atomic E-state index is 12.8. The predicted molar refractivity (Wildman–Crippen MR) is 93.9 cm³/mol. The number of hydrogen-bond donors (Lipinski definition) is 1. The second kappa shape index (κ2) is 8.25. The summed E-state index contributed by atoms with van der Waals surface area (Å²) in [6.07, 6.45) is -4.67. The molecule has 1 amide bonds. The topological polar surface area (TPSA) is 38.3 Å². The minimum atomic E-state index is -4.40. The third-order valence-electron chi connectivity index (χ3n) is 4.21. The highest BCUT2D eigenvalue weighted by Gasteiger charge is 2.30. The third kappa shape index (κ3) is 5.00. The highest BCUT2D eigenvalue weighted by molar-refractivity contribution is 5.81. The van der Waals surface area contributed by atoms with Gasteiger partial charge in [0, 0.05) is 6.54 Å². The molecule has 1 atom stereocenters. The van der Waals surface area contributed by atoms with Crippen LogP contribution in [-0.2, 0) is 17.5 Å². The quantitative estimate of drug-likeness (QED) is 0.799. The van der Waals surface area contributed by atoms with Crippen LogP contribution in [0.5, 0.6) is 5.75 Å². The number of ether oxygens (including phenoxy) is 1. The van der Waals surface area contributed by atoms with Crippen LogP contribution in [0, 0.1) is 13.8 Å². The van der Waals surface area contributed by atoms with Gasteiger partial charge in [-0.1, -0.05) is 31.2 Å². The molecule has 0 saturated heterocycles. The average molecular weight is 365 g/mol. The van der Waals surface area contributed by atoms with Crippen molar-refractivity contribution in [3.05, 3.63) is 64.7 Å². The molecule has 0 aliphatic rings. The lowest BCUT2D eigenvalue weighted by Gasteiger charge is -2.19. The predicted octanol–water partition coefficient (Wildman–Crippen LogP) is 4.80. The van der Waals surface area contributed by atoms with E-state index >= 15 is 0 Å². The van der Waals surface area contributed by atoms with Gasteiger partial charge < -0.3 is 10.1 Å². The molecule has 0 heterocycles. The van der Waals surface area contributed by atoms with Crippen molar-refractivity contribution in [1.29, 1.82) is 0 Å². The van der Waals surface area contributed by atoms with Crippen molar-refractivity contribution < 1.29 is 22.7 Å². The fourth-order valence-corrected chi connectivity index (χ4v) is 2.49. The van der Waals surface area contributed by atoms with E-state index in [0.717, 1.165) is 23.3 Å². The number of rotatable bonds is 6. The van der Waals surface area contributed by atoms with Crippen LogP contribution >= 0.6 is 0 Å². The summed E-state index contributed by atoms with van der Waals surface area (Å²) in [6, 6.07) is 10.5. The minimum Gasteiger partial charge on any atom is -0.480 e. The number of alkyl halides is 3. The maximum atomic E-state index is 12.8. The number of amides is 1. The van der Waals surface area contributed by atoms with Gasteiger partial charge in [0.1, 0.15) is 5.75 Å². The molecule has 2 aromatic rings. The van der Waals surface area contributed by atoms with Gasteiger partial charge >= 0.3 is 6.18 Å². The summed E-state index contributed by atoms with van der Waals surface area (Å²) in [5, 5.41) is 2.65. The summed E-state index contributed by atoms with van der Waals surface area (Å²) < 4.78 is 44.1. The van der Waals surface area contributed by atoms with Crippen LogP contribution in [0.4, 0.5) is 13.2 Å². The molecule has 140 valence electrons. The number of carbonyl (C=O) groups excluding carboxylic acids is 1. The SMILES string of the molecule is CCC(Oc1cccc(C)c1C)C(=O)NCc1cccc(C(F)(F)F)c1. The Morgan fingerprint density at radius 3 is 2.50 bits per heavy atom. The molecule has 1 unspecified atom stereocenters. The Hall–Kier alpha value is -2.50. The van der Waals surface area contributed by atoms with E-state index in [0.29, 0.717) is 17.7 Å². The molecule has 3 nitrogen and oxygen atoms in total. The summed E-state index contributed by atoms with van der Waals surface area (Å²) in [6.45, 7) is 5.70. The lowest BCUT2D eigenvalue weighted by Crippen LogP contribution is -2.37. The van der Waals surface area contributed by atoms with Crippen LogP contribution < -0.4 is 10.1 Å². The molecule has 0 bridgehead atoms. The van der Waals surface area contributed by atoms with Crippen LogP contribution in [0.15, 0.2) is 42.5 Å². The van der Waals surface area contributed by atoms with E-state index in [1.54, 1.807) is 12.1 Å². The standard InChI is InChI=1S/C20H22F3NO2/c1-4-17(26-18-10-5-7-13(2)14(18)3)19(25)24-12-15-8-6-9-16(11-15)20(21,22)23/h5-11,17H,4,12H2,1-3H3,(H,24,25). The molecule has 0 fully saturated rings.